The van der Waals surface area contributed by atoms with Gasteiger partial charge in [-0.3, -0.25) is 4.57 Å². The van der Waals surface area contributed by atoms with Gasteiger partial charge < -0.3 is 0 Å². The van der Waals surface area contributed by atoms with Crippen molar-refractivity contribution in [1.82, 2.24) is 29.1 Å². The zero-order valence-electron chi connectivity index (χ0n) is 20.4. The smallest absolute Gasteiger partial charge is 0.275 e. The van der Waals surface area contributed by atoms with E-state index in [1.807, 2.05) is 32.0 Å². The first kappa shape index (κ1) is 26.6. The number of aromatic nitrogens is 6. The summed E-state index contributed by atoms with van der Waals surface area (Å²) in [5, 5.41) is 9.19. The van der Waals surface area contributed by atoms with E-state index in [4.69, 9.17) is 11.6 Å². The Labute approximate surface area is 215 Å². The van der Waals surface area contributed by atoms with Gasteiger partial charge in [-0.2, -0.15) is 13.2 Å². The molecule has 0 aliphatic rings. The maximum atomic E-state index is 14.6. The van der Waals surface area contributed by atoms with Crippen LogP contribution in [0.3, 0.4) is 0 Å². The van der Waals surface area contributed by atoms with Crippen molar-refractivity contribution in [3.05, 3.63) is 80.7 Å². The molecule has 1 unspecified atom stereocenters. The van der Waals surface area contributed by atoms with Crippen LogP contribution in [0.4, 0.5) is 17.6 Å². The lowest BCUT2D eigenvalue weighted by Gasteiger charge is -2.13. The molecule has 2 heterocycles. The van der Waals surface area contributed by atoms with Crippen LogP contribution < -0.4 is 5.69 Å². The van der Waals surface area contributed by atoms with Crippen molar-refractivity contribution in [1.29, 1.82) is 0 Å². The average molecular weight is 537 g/mol. The summed E-state index contributed by atoms with van der Waals surface area (Å²) in [4.78, 5) is 17.5. The van der Waals surface area contributed by atoms with Crippen LogP contribution in [-0.4, -0.2) is 35.3 Å². The Kier molecular flexibility index (Phi) is 7.54. The van der Waals surface area contributed by atoms with E-state index in [1.54, 1.807) is 24.3 Å². The molecule has 0 fully saturated rings. The molecule has 0 saturated carbocycles. The maximum absolute atomic E-state index is 14.6. The average Bonchev–Trinajstić information content (AvgIpc) is 3.39. The molecule has 196 valence electrons. The van der Waals surface area contributed by atoms with Crippen LogP contribution in [0.2, 0.25) is 5.02 Å². The normalized spacial score (nSPS) is 12.8. The molecule has 4 aromatic rings. The van der Waals surface area contributed by atoms with Crippen molar-refractivity contribution in [3.63, 3.8) is 0 Å². The number of benzene rings is 2. The van der Waals surface area contributed by atoms with Crippen LogP contribution in [0.1, 0.15) is 49.2 Å². The molecule has 0 spiro atoms. The predicted octanol–water partition coefficient (Wildman–Crippen LogP) is 5.85. The Morgan fingerprint density at radius 3 is 2.41 bits per heavy atom. The van der Waals surface area contributed by atoms with Crippen molar-refractivity contribution in [2.75, 3.05) is 0 Å². The first-order valence-electron chi connectivity index (χ1n) is 11.7. The summed E-state index contributed by atoms with van der Waals surface area (Å²) < 4.78 is 56.9. The van der Waals surface area contributed by atoms with Crippen LogP contribution in [-0.2, 0) is 19.5 Å². The van der Waals surface area contributed by atoms with Gasteiger partial charge in [-0.15, -0.1) is 10.2 Å². The van der Waals surface area contributed by atoms with Gasteiger partial charge in [-0.1, -0.05) is 36.7 Å². The molecule has 0 aliphatic heterocycles. The van der Waals surface area contributed by atoms with Gasteiger partial charge in [0.2, 0.25) is 0 Å². The summed E-state index contributed by atoms with van der Waals surface area (Å²) in [6.07, 6.45) is -6.45. The number of nitrogens with zero attached hydrogens (tertiary/aromatic N) is 6. The van der Waals surface area contributed by atoms with E-state index < -0.39 is 31.0 Å². The Bertz CT molecular complexity index is 1450. The van der Waals surface area contributed by atoms with E-state index in [0.717, 1.165) is 20.4 Å². The number of rotatable bonds is 8. The highest BCUT2D eigenvalue weighted by Gasteiger charge is 2.29. The molecule has 37 heavy (non-hydrogen) atoms. The number of alkyl halides is 4. The molecule has 2 aromatic heterocycles. The van der Waals surface area contributed by atoms with Gasteiger partial charge in [0.25, 0.3) is 0 Å². The van der Waals surface area contributed by atoms with E-state index in [-0.39, 0.29) is 24.0 Å². The molecule has 12 heteroatoms. The van der Waals surface area contributed by atoms with E-state index in [1.165, 1.54) is 11.6 Å². The van der Waals surface area contributed by atoms with Crippen LogP contribution in [0, 0.1) is 6.92 Å². The minimum Gasteiger partial charge on any atom is -0.275 e. The Hall–Kier alpha value is -3.47. The zero-order valence-corrected chi connectivity index (χ0v) is 21.2. The third-order valence-electron chi connectivity index (χ3n) is 5.88. The third kappa shape index (κ3) is 5.76. The molecule has 0 radical (unpaired) electrons. The number of para-hydroxylation sites is 1. The zero-order chi connectivity index (χ0) is 26.9. The standard InChI is InChI=1S/C25H25ClF4N6O/c1-4-17-7-5-6-15(2)21(17)36-22(16(3)27)31-20(32-36)14-35-24(37)34(13-12-25(28,29)30)23(33-35)18-8-10-19(26)11-9-18/h5-11,16H,4,12-14H2,1-3H3. The van der Waals surface area contributed by atoms with Gasteiger partial charge in [-0.05, 0) is 55.7 Å². The Morgan fingerprint density at radius 2 is 1.78 bits per heavy atom. The molecule has 0 N–H and O–H groups in total. The van der Waals surface area contributed by atoms with E-state index in [0.29, 0.717) is 22.7 Å². The molecule has 1 atom stereocenters. The second kappa shape index (κ2) is 10.5. The molecule has 2 aromatic carbocycles. The molecule has 0 amide bonds. The number of aryl methyl sites for hydroxylation is 2. The second-order valence-corrected chi connectivity index (χ2v) is 9.07. The summed E-state index contributed by atoms with van der Waals surface area (Å²) in [7, 11) is 0. The minimum absolute atomic E-state index is 0.0524. The highest BCUT2D eigenvalue weighted by Crippen LogP contribution is 2.26. The molecule has 7 nitrogen and oxygen atoms in total. The second-order valence-electron chi connectivity index (χ2n) is 8.64. The van der Waals surface area contributed by atoms with Crippen LogP contribution in [0.15, 0.2) is 47.3 Å². The number of hydrogen-bond acceptors (Lipinski definition) is 4. The Balaban J connectivity index is 1.78. The van der Waals surface area contributed by atoms with E-state index >= 15 is 0 Å². The first-order valence-corrected chi connectivity index (χ1v) is 12.1. The van der Waals surface area contributed by atoms with Gasteiger partial charge in [0.15, 0.2) is 23.6 Å². The monoisotopic (exact) mass is 536 g/mol. The van der Waals surface area contributed by atoms with Crippen LogP contribution >= 0.6 is 11.6 Å². The largest absolute Gasteiger partial charge is 0.390 e. The first-order chi connectivity index (χ1) is 17.5. The third-order valence-corrected chi connectivity index (χ3v) is 6.13. The topological polar surface area (TPSA) is 70.5 Å². The van der Waals surface area contributed by atoms with Gasteiger partial charge in [0.1, 0.15) is 6.54 Å². The minimum atomic E-state index is -4.46. The van der Waals surface area contributed by atoms with E-state index in [2.05, 4.69) is 15.2 Å². The summed E-state index contributed by atoms with van der Waals surface area (Å²) in [6, 6.07) is 12.0. The van der Waals surface area contributed by atoms with Crippen molar-refractivity contribution >= 4 is 11.6 Å². The fraction of sp³-hybridized carbons (Fsp3) is 0.360. The number of hydrogen-bond donors (Lipinski definition) is 0. The lowest BCUT2D eigenvalue weighted by atomic mass is 10.1. The number of halogens is 5. The summed E-state index contributed by atoms with van der Waals surface area (Å²) >= 11 is 5.94. The molecular formula is C25H25ClF4N6O. The molecule has 0 bridgehead atoms. The fourth-order valence-electron chi connectivity index (χ4n) is 4.10. The molecule has 0 aliphatic carbocycles. The van der Waals surface area contributed by atoms with Crippen LogP contribution in [0.5, 0.6) is 0 Å². The van der Waals surface area contributed by atoms with Gasteiger partial charge >= 0.3 is 11.9 Å². The predicted molar refractivity (Wildman–Crippen MR) is 132 cm³/mol. The van der Waals surface area contributed by atoms with Gasteiger partial charge in [0, 0.05) is 17.1 Å². The lowest BCUT2D eigenvalue weighted by molar-refractivity contribution is -0.136. The molecule has 0 saturated heterocycles. The quantitative estimate of drug-likeness (QED) is 0.265. The molecular weight excluding hydrogens is 512 g/mol. The fourth-order valence-corrected chi connectivity index (χ4v) is 4.22. The summed E-state index contributed by atoms with van der Waals surface area (Å²) in [5.74, 6) is 0.216. The highest BCUT2D eigenvalue weighted by molar-refractivity contribution is 6.30. The van der Waals surface area contributed by atoms with Crippen molar-refractivity contribution in [3.8, 4) is 17.1 Å². The van der Waals surface area contributed by atoms with Gasteiger partial charge in [-0.25, -0.2) is 23.5 Å². The lowest BCUT2D eigenvalue weighted by Crippen LogP contribution is -2.27. The SMILES string of the molecule is CCc1cccc(C)c1-n1nc(Cn2nc(-c3ccc(Cl)cc3)n(CCC(F)(F)F)c2=O)nc1C(C)F. The summed E-state index contributed by atoms with van der Waals surface area (Å²) in [5.41, 5.74) is 2.18. The maximum Gasteiger partial charge on any atom is 0.390 e. The van der Waals surface area contributed by atoms with Crippen LogP contribution in [0.25, 0.3) is 17.1 Å². The summed E-state index contributed by atoms with van der Waals surface area (Å²) in [6.45, 7) is 4.33. The Morgan fingerprint density at radius 1 is 1.08 bits per heavy atom. The van der Waals surface area contributed by atoms with Crippen molar-refractivity contribution < 1.29 is 17.6 Å². The van der Waals surface area contributed by atoms with Crippen molar-refractivity contribution in [2.24, 2.45) is 0 Å². The highest BCUT2D eigenvalue weighted by atomic mass is 35.5. The van der Waals surface area contributed by atoms with Gasteiger partial charge in [0.05, 0.1) is 12.1 Å². The van der Waals surface area contributed by atoms with E-state index in [9.17, 15) is 22.4 Å². The van der Waals surface area contributed by atoms with Crippen molar-refractivity contribution in [2.45, 2.75) is 59.1 Å². The molecule has 4 rings (SSSR count).